The first kappa shape index (κ1) is 14.4. The minimum absolute atomic E-state index is 0.269. The number of aromatic nitrogens is 2. The molecule has 1 saturated heterocycles. The molecular weight excluding hydrogens is 262 g/mol. The van der Waals surface area contributed by atoms with E-state index in [2.05, 4.69) is 9.97 Å². The predicted molar refractivity (Wildman–Crippen MR) is 72.3 cm³/mol. The van der Waals surface area contributed by atoms with Crippen LogP contribution in [0.4, 0.5) is 5.95 Å². The summed E-state index contributed by atoms with van der Waals surface area (Å²) in [5.41, 5.74) is 0. The van der Waals surface area contributed by atoms with Crippen molar-refractivity contribution >= 4 is 11.9 Å². The molecule has 1 aromatic rings. The monoisotopic (exact) mass is 281 g/mol. The first-order chi connectivity index (χ1) is 9.53. The fraction of sp³-hybridized carbons (Fsp3) is 0.615. The number of methoxy groups -OCH3 is 2. The van der Waals surface area contributed by atoms with E-state index in [1.54, 1.807) is 6.07 Å². The molecule has 1 fully saturated rings. The number of ether oxygens (including phenoxy) is 2. The van der Waals surface area contributed by atoms with Gasteiger partial charge in [0.05, 0.1) is 26.2 Å². The van der Waals surface area contributed by atoms with Crippen molar-refractivity contribution in [3.05, 3.63) is 6.07 Å². The van der Waals surface area contributed by atoms with Gasteiger partial charge < -0.3 is 19.5 Å². The van der Waals surface area contributed by atoms with Gasteiger partial charge in [0.2, 0.25) is 17.7 Å². The number of carboxylic acid groups (broad SMARTS) is 1. The molecule has 0 aliphatic carbocycles. The van der Waals surface area contributed by atoms with Gasteiger partial charge in [0.25, 0.3) is 0 Å². The molecule has 1 aliphatic rings. The summed E-state index contributed by atoms with van der Waals surface area (Å²) in [5.74, 6) is 0.328. The summed E-state index contributed by atoms with van der Waals surface area (Å²) in [6, 6.07) is 1.59. The Hall–Kier alpha value is -2.05. The number of rotatable bonds is 4. The Balaban J connectivity index is 2.27. The SMILES string of the molecule is COc1cc(OC)nc(N2CC(C)CC(C(=O)O)C2)n1. The molecule has 7 nitrogen and oxygen atoms in total. The topological polar surface area (TPSA) is 84.8 Å². The summed E-state index contributed by atoms with van der Waals surface area (Å²) in [6.45, 7) is 3.15. The smallest absolute Gasteiger partial charge is 0.308 e. The first-order valence-corrected chi connectivity index (χ1v) is 6.48. The second-order valence-corrected chi connectivity index (χ2v) is 5.03. The van der Waals surface area contributed by atoms with Crippen LogP contribution in [0.3, 0.4) is 0 Å². The Labute approximate surface area is 117 Å². The standard InChI is InChI=1S/C13H19N3O4/c1-8-4-9(12(17)18)7-16(6-8)13-14-10(19-2)5-11(15-13)20-3/h5,8-9H,4,6-7H2,1-3H3,(H,17,18). The van der Waals surface area contributed by atoms with Crippen LogP contribution in [-0.2, 0) is 4.79 Å². The van der Waals surface area contributed by atoms with Gasteiger partial charge >= 0.3 is 5.97 Å². The average molecular weight is 281 g/mol. The van der Waals surface area contributed by atoms with Crippen molar-refractivity contribution in [1.82, 2.24) is 9.97 Å². The quantitative estimate of drug-likeness (QED) is 0.882. The van der Waals surface area contributed by atoms with Crippen LogP contribution in [0.15, 0.2) is 6.07 Å². The van der Waals surface area contributed by atoms with E-state index in [1.807, 2.05) is 11.8 Å². The van der Waals surface area contributed by atoms with Crippen LogP contribution in [-0.4, -0.2) is 48.4 Å². The van der Waals surface area contributed by atoms with Crippen LogP contribution in [0.2, 0.25) is 0 Å². The zero-order chi connectivity index (χ0) is 14.7. The van der Waals surface area contributed by atoms with Crippen LogP contribution in [0, 0.1) is 11.8 Å². The second-order valence-electron chi connectivity index (χ2n) is 5.03. The maximum atomic E-state index is 11.2. The molecule has 0 aromatic carbocycles. The molecule has 2 rings (SSSR count). The van der Waals surface area contributed by atoms with E-state index in [0.717, 1.165) is 6.54 Å². The van der Waals surface area contributed by atoms with Crippen molar-refractivity contribution in [3.63, 3.8) is 0 Å². The fourth-order valence-electron chi connectivity index (χ4n) is 2.44. The van der Waals surface area contributed by atoms with Gasteiger partial charge in [-0.05, 0) is 12.3 Å². The van der Waals surface area contributed by atoms with Gasteiger partial charge in [-0.15, -0.1) is 0 Å². The second kappa shape index (κ2) is 5.94. The zero-order valence-electron chi connectivity index (χ0n) is 11.9. The number of piperidine rings is 1. The number of hydrogen-bond acceptors (Lipinski definition) is 6. The van der Waals surface area contributed by atoms with E-state index in [1.165, 1.54) is 14.2 Å². The van der Waals surface area contributed by atoms with E-state index in [-0.39, 0.29) is 5.92 Å². The minimum atomic E-state index is -0.781. The van der Waals surface area contributed by atoms with Crippen LogP contribution in [0.1, 0.15) is 13.3 Å². The van der Waals surface area contributed by atoms with Gasteiger partial charge in [-0.2, -0.15) is 9.97 Å². The van der Waals surface area contributed by atoms with Crippen molar-refractivity contribution in [2.24, 2.45) is 11.8 Å². The average Bonchev–Trinajstić information content (AvgIpc) is 2.45. The van der Waals surface area contributed by atoms with E-state index < -0.39 is 11.9 Å². The molecule has 110 valence electrons. The number of nitrogens with zero attached hydrogens (tertiary/aromatic N) is 3. The predicted octanol–water partition coefficient (Wildman–Crippen LogP) is 1.04. The molecule has 0 amide bonds. The van der Waals surface area contributed by atoms with Crippen molar-refractivity contribution in [1.29, 1.82) is 0 Å². The van der Waals surface area contributed by atoms with Gasteiger partial charge in [0.15, 0.2) is 0 Å². The molecule has 2 unspecified atom stereocenters. The lowest BCUT2D eigenvalue weighted by molar-refractivity contribution is -0.142. The van der Waals surface area contributed by atoms with Gasteiger partial charge in [0, 0.05) is 13.1 Å². The van der Waals surface area contributed by atoms with Crippen LogP contribution >= 0.6 is 0 Å². The maximum absolute atomic E-state index is 11.2. The summed E-state index contributed by atoms with van der Waals surface area (Å²) < 4.78 is 10.2. The molecule has 0 saturated carbocycles. The molecule has 0 spiro atoms. The first-order valence-electron chi connectivity index (χ1n) is 6.48. The van der Waals surface area contributed by atoms with E-state index in [9.17, 15) is 9.90 Å². The van der Waals surface area contributed by atoms with E-state index in [4.69, 9.17) is 9.47 Å². The molecule has 2 heterocycles. The van der Waals surface area contributed by atoms with Crippen LogP contribution < -0.4 is 14.4 Å². The Morgan fingerprint density at radius 2 is 1.90 bits per heavy atom. The number of carbonyl (C=O) groups is 1. The molecule has 2 atom stereocenters. The number of anilines is 1. The lowest BCUT2D eigenvalue weighted by Crippen LogP contribution is -2.43. The van der Waals surface area contributed by atoms with E-state index in [0.29, 0.717) is 30.7 Å². The fourth-order valence-corrected chi connectivity index (χ4v) is 2.44. The molecular formula is C13H19N3O4. The molecule has 1 aromatic heterocycles. The Kier molecular flexibility index (Phi) is 4.26. The largest absolute Gasteiger partial charge is 0.481 e. The lowest BCUT2D eigenvalue weighted by atomic mass is 9.91. The molecule has 0 bridgehead atoms. The maximum Gasteiger partial charge on any atom is 0.308 e. The number of carboxylic acids is 1. The molecule has 1 aliphatic heterocycles. The molecule has 0 radical (unpaired) electrons. The van der Waals surface area contributed by atoms with Gasteiger partial charge in [-0.3, -0.25) is 4.79 Å². The van der Waals surface area contributed by atoms with Crippen molar-refractivity contribution in [2.45, 2.75) is 13.3 Å². The van der Waals surface area contributed by atoms with Crippen molar-refractivity contribution in [2.75, 3.05) is 32.2 Å². The normalized spacial score (nSPS) is 22.4. The third kappa shape index (κ3) is 3.09. The highest BCUT2D eigenvalue weighted by atomic mass is 16.5. The van der Waals surface area contributed by atoms with Gasteiger partial charge in [0.1, 0.15) is 0 Å². The molecule has 1 N–H and O–H groups in total. The molecule has 7 heteroatoms. The Bertz CT molecular complexity index is 472. The minimum Gasteiger partial charge on any atom is -0.481 e. The summed E-state index contributed by atoms with van der Waals surface area (Å²) in [7, 11) is 3.04. The Morgan fingerprint density at radius 3 is 2.40 bits per heavy atom. The summed E-state index contributed by atoms with van der Waals surface area (Å²) in [5, 5.41) is 9.21. The third-order valence-electron chi connectivity index (χ3n) is 3.38. The van der Waals surface area contributed by atoms with Crippen molar-refractivity contribution < 1.29 is 19.4 Å². The zero-order valence-corrected chi connectivity index (χ0v) is 11.9. The highest BCUT2D eigenvalue weighted by Crippen LogP contribution is 2.27. The highest BCUT2D eigenvalue weighted by molar-refractivity contribution is 5.71. The molecule has 20 heavy (non-hydrogen) atoms. The van der Waals surface area contributed by atoms with Crippen LogP contribution in [0.25, 0.3) is 0 Å². The third-order valence-corrected chi connectivity index (χ3v) is 3.38. The number of aliphatic carboxylic acids is 1. The van der Waals surface area contributed by atoms with Crippen molar-refractivity contribution in [3.8, 4) is 11.8 Å². The highest BCUT2D eigenvalue weighted by Gasteiger charge is 2.31. The van der Waals surface area contributed by atoms with E-state index >= 15 is 0 Å². The van der Waals surface area contributed by atoms with Crippen LogP contribution in [0.5, 0.6) is 11.8 Å². The van der Waals surface area contributed by atoms with Gasteiger partial charge in [-0.25, -0.2) is 0 Å². The lowest BCUT2D eigenvalue weighted by Gasteiger charge is -2.34. The summed E-state index contributed by atoms with van der Waals surface area (Å²) >= 11 is 0. The summed E-state index contributed by atoms with van der Waals surface area (Å²) in [4.78, 5) is 21.6. The number of hydrogen-bond donors (Lipinski definition) is 1. The Morgan fingerprint density at radius 1 is 1.30 bits per heavy atom. The van der Waals surface area contributed by atoms with Gasteiger partial charge in [-0.1, -0.05) is 6.92 Å². The summed E-state index contributed by atoms with van der Waals surface area (Å²) in [6.07, 6.45) is 0.674.